The maximum absolute atomic E-state index is 14.2. The van der Waals surface area contributed by atoms with Crippen molar-refractivity contribution in [2.75, 3.05) is 42.6 Å². The van der Waals surface area contributed by atoms with Crippen LogP contribution in [-0.2, 0) is 6.54 Å². The third kappa shape index (κ3) is 4.96. The first kappa shape index (κ1) is 23.6. The Kier molecular flexibility index (Phi) is 6.98. The number of hydrogen-bond acceptors (Lipinski definition) is 5. The van der Waals surface area contributed by atoms with Crippen LogP contribution in [0.4, 0.5) is 15.9 Å². The molecule has 0 radical (unpaired) electrons. The number of ether oxygens (including phenoxy) is 1. The summed E-state index contributed by atoms with van der Waals surface area (Å²) in [5.74, 6) is 1.27. The fourth-order valence-electron chi connectivity index (χ4n) is 4.64. The number of fused-ring (bicyclic) bond motifs is 1. The number of aromatic nitrogens is 1. The third-order valence-electron chi connectivity index (χ3n) is 6.49. The van der Waals surface area contributed by atoms with Crippen molar-refractivity contribution in [3.8, 4) is 5.75 Å². The van der Waals surface area contributed by atoms with Gasteiger partial charge in [-0.25, -0.2) is 9.37 Å². The lowest BCUT2D eigenvalue weighted by Crippen LogP contribution is -2.47. The lowest BCUT2D eigenvalue weighted by molar-refractivity contribution is 0.0951. The Bertz CT molecular complexity index is 1370. The Morgan fingerprint density at radius 3 is 2.53 bits per heavy atom. The van der Waals surface area contributed by atoms with Crippen LogP contribution in [0.1, 0.15) is 22.8 Å². The molecule has 2 heterocycles. The summed E-state index contributed by atoms with van der Waals surface area (Å²) in [7, 11) is 0. The van der Waals surface area contributed by atoms with Crippen LogP contribution in [0.2, 0.25) is 0 Å². The summed E-state index contributed by atoms with van der Waals surface area (Å²) in [4.78, 5) is 22.0. The predicted octanol–water partition coefficient (Wildman–Crippen LogP) is 5.03. The number of nitrogens with one attached hydrogen (secondary N) is 1. The fourth-order valence-corrected chi connectivity index (χ4v) is 4.64. The van der Waals surface area contributed by atoms with Crippen molar-refractivity contribution < 1.29 is 13.9 Å². The van der Waals surface area contributed by atoms with Crippen LogP contribution < -0.4 is 19.9 Å². The van der Waals surface area contributed by atoms with E-state index in [9.17, 15) is 9.18 Å². The molecule has 0 unspecified atom stereocenters. The molecule has 1 N–H and O–H groups in total. The molecule has 0 saturated carbocycles. The molecule has 1 fully saturated rings. The number of anilines is 2. The van der Waals surface area contributed by atoms with Gasteiger partial charge in [0.2, 0.25) is 0 Å². The Balaban J connectivity index is 1.32. The number of halogens is 1. The zero-order valence-electron chi connectivity index (χ0n) is 20.3. The minimum Gasteiger partial charge on any atom is -0.494 e. The first-order valence-electron chi connectivity index (χ1n) is 12.3. The zero-order chi connectivity index (χ0) is 24.9. The molecular formula is C29H29FN4O2. The summed E-state index contributed by atoms with van der Waals surface area (Å²) in [6.45, 7) is 5.70. The molecule has 6 nitrogen and oxygen atoms in total. The SMILES string of the molecule is CCOc1ccccc1CNC(=O)c1ccc2ccnc(N3CCN(c4ccccc4F)CC3)c2c1. The normalized spacial score (nSPS) is 13.6. The van der Waals surface area contributed by atoms with Gasteiger partial charge in [0.1, 0.15) is 17.4 Å². The van der Waals surface area contributed by atoms with E-state index in [4.69, 9.17) is 4.74 Å². The number of carbonyl (C=O) groups is 1. The summed E-state index contributed by atoms with van der Waals surface area (Å²) in [5.41, 5.74) is 2.15. The highest BCUT2D eigenvalue weighted by Gasteiger charge is 2.22. The van der Waals surface area contributed by atoms with Gasteiger partial charge in [0.25, 0.3) is 5.91 Å². The standard InChI is InChI=1S/C29H29FN4O2/c1-2-36-27-10-6-3-7-23(27)20-32-29(35)22-12-11-21-13-14-31-28(24(21)19-22)34-17-15-33(16-18-34)26-9-5-4-8-25(26)30/h3-14,19H,2,15-18,20H2,1H3,(H,32,35). The second-order valence-electron chi connectivity index (χ2n) is 8.72. The molecule has 0 spiro atoms. The van der Waals surface area contributed by atoms with Crippen molar-refractivity contribution in [3.05, 3.63) is 95.9 Å². The molecule has 5 rings (SSSR count). The van der Waals surface area contributed by atoms with E-state index in [0.29, 0.717) is 50.6 Å². The average Bonchev–Trinajstić information content (AvgIpc) is 2.92. The quantitative estimate of drug-likeness (QED) is 0.399. The van der Waals surface area contributed by atoms with Crippen molar-refractivity contribution in [2.24, 2.45) is 0 Å². The molecule has 1 aliphatic heterocycles. The highest BCUT2D eigenvalue weighted by Crippen LogP contribution is 2.28. The molecule has 3 aromatic carbocycles. The Hall–Kier alpha value is -4.13. The van der Waals surface area contributed by atoms with E-state index in [2.05, 4.69) is 20.1 Å². The van der Waals surface area contributed by atoms with Crippen LogP contribution in [0, 0.1) is 5.82 Å². The van der Waals surface area contributed by atoms with Crippen molar-refractivity contribution >= 4 is 28.2 Å². The number of para-hydroxylation sites is 2. The summed E-state index contributed by atoms with van der Waals surface area (Å²) in [6, 6.07) is 22.3. The van der Waals surface area contributed by atoms with Crippen molar-refractivity contribution in [2.45, 2.75) is 13.5 Å². The lowest BCUT2D eigenvalue weighted by Gasteiger charge is -2.37. The second kappa shape index (κ2) is 10.6. The second-order valence-corrected chi connectivity index (χ2v) is 8.72. The molecule has 4 aromatic rings. The molecule has 1 aliphatic rings. The number of hydrogen-bond donors (Lipinski definition) is 1. The smallest absolute Gasteiger partial charge is 0.251 e. The Morgan fingerprint density at radius 1 is 0.972 bits per heavy atom. The van der Waals surface area contributed by atoms with Crippen LogP contribution in [0.25, 0.3) is 10.8 Å². The van der Waals surface area contributed by atoms with Gasteiger partial charge >= 0.3 is 0 Å². The molecule has 1 saturated heterocycles. The van der Waals surface area contributed by atoms with E-state index in [0.717, 1.165) is 27.9 Å². The van der Waals surface area contributed by atoms with Crippen molar-refractivity contribution in [1.82, 2.24) is 10.3 Å². The number of pyridine rings is 1. The van der Waals surface area contributed by atoms with Gasteiger partial charge in [-0.3, -0.25) is 4.79 Å². The minimum atomic E-state index is -0.200. The maximum atomic E-state index is 14.2. The number of benzene rings is 3. The zero-order valence-corrected chi connectivity index (χ0v) is 20.3. The minimum absolute atomic E-state index is 0.151. The van der Waals surface area contributed by atoms with Gasteiger partial charge in [0.15, 0.2) is 0 Å². The van der Waals surface area contributed by atoms with Crippen LogP contribution in [0.3, 0.4) is 0 Å². The van der Waals surface area contributed by atoms with Crippen LogP contribution in [0.15, 0.2) is 79.0 Å². The molecule has 1 amide bonds. The van der Waals surface area contributed by atoms with Gasteiger partial charge in [-0.15, -0.1) is 0 Å². The van der Waals surface area contributed by atoms with Gasteiger partial charge in [-0.2, -0.15) is 0 Å². The largest absolute Gasteiger partial charge is 0.494 e. The molecule has 0 atom stereocenters. The number of piperazine rings is 1. The highest BCUT2D eigenvalue weighted by molar-refractivity contribution is 6.01. The predicted molar refractivity (Wildman–Crippen MR) is 141 cm³/mol. The molecule has 0 aliphatic carbocycles. The summed E-state index contributed by atoms with van der Waals surface area (Å²) in [6.07, 6.45) is 1.80. The van der Waals surface area contributed by atoms with Crippen LogP contribution >= 0.6 is 0 Å². The van der Waals surface area contributed by atoms with Gasteiger partial charge in [-0.05, 0) is 48.7 Å². The molecule has 0 bridgehead atoms. The molecular weight excluding hydrogens is 455 g/mol. The van der Waals surface area contributed by atoms with Gasteiger partial charge < -0.3 is 19.9 Å². The van der Waals surface area contributed by atoms with E-state index in [1.807, 2.05) is 67.6 Å². The van der Waals surface area contributed by atoms with Crippen molar-refractivity contribution in [1.29, 1.82) is 0 Å². The highest BCUT2D eigenvalue weighted by atomic mass is 19.1. The first-order valence-corrected chi connectivity index (χ1v) is 12.3. The first-order chi connectivity index (χ1) is 17.6. The van der Waals surface area contributed by atoms with E-state index in [1.54, 1.807) is 12.3 Å². The number of rotatable bonds is 7. The van der Waals surface area contributed by atoms with Crippen LogP contribution in [-0.4, -0.2) is 43.7 Å². The molecule has 1 aromatic heterocycles. The Labute approximate surface area is 210 Å². The Morgan fingerprint density at radius 2 is 1.72 bits per heavy atom. The fraction of sp³-hybridized carbons (Fsp3) is 0.241. The van der Waals surface area contributed by atoms with Gasteiger partial charge in [-0.1, -0.05) is 36.4 Å². The number of amides is 1. The third-order valence-corrected chi connectivity index (χ3v) is 6.49. The van der Waals surface area contributed by atoms with E-state index < -0.39 is 0 Å². The van der Waals surface area contributed by atoms with Crippen LogP contribution in [0.5, 0.6) is 5.75 Å². The number of nitrogens with zero attached hydrogens (tertiary/aromatic N) is 3. The number of carbonyl (C=O) groups excluding carboxylic acids is 1. The summed E-state index contributed by atoms with van der Waals surface area (Å²) >= 11 is 0. The molecule has 7 heteroatoms. The summed E-state index contributed by atoms with van der Waals surface area (Å²) in [5, 5.41) is 4.96. The lowest BCUT2D eigenvalue weighted by atomic mass is 10.1. The molecule has 184 valence electrons. The average molecular weight is 485 g/mol. The monoisotopic (exact) mass is 484 g/mol. The van der Waals surface area contributed by atoms with E-state index in [1.165, 1.54) is 6.07 Å². The molecule has 36 heavy (non-hydrogen) atoms. The van der Waals surface area contributed by atoms with E-state index in [-0.39, 0.29) is 11.7 Å². The van der Waals surface area contributed by atoms with Gasteiger partial charge in [0, 0.05) is 55.4 Å². The van der Waals surface area contributed by atoms with Crippen molar-refractivity contribution in [3.63, 3.8) is 0 Å². The van der Waals surface area contributed by atoms with Gasteiger partial charge in [0.05, 0.1) is 12.3 Å². The maximum Gasteiger partial charge on any atom is 0.251 e. The summed E-state index contributed by atoms with van der Waals surface area (Å²) < 4.78 is 19.9. The topological polar surface area (TPSA) is 57.7 Å². The van der Waals surface area contributed by atoms with E-state index >= 15 is 0 Å².